The van der Waals surface area contributed by atoms with Crippen molar-refractivity contribution in [3.05, 3.63) is 58.1 Å². The van der Waals surface area contributed by atoms with Gasteiger partial charge in [0.05, 0.1) is 31.8 Å². The molecule has 2 aromatic carbocycles. The molecule has 2 aromatic rings. The zero-order valence-electron chi connectivity index (χ0n) is 16.5. The number of nitro groups is 1. The minimum atomic E-state index is -0.542. The molecule has 8 heteroatoms. The molecule has 0 radical (unpaired) electrons. The molecule has 150 valence electrons. The fraction of sp³-hybridized carbons (Fsp3) is 0.350. The van der Waals surface area contributed by atoms with Crippen molar-refractivity contribution >= 4 is 17.3 Å². The molecule has 1 amide bonds. The van der Waals surface area contributed by atoms with Gasteiger partial charge in [0, 0.05) is 5.56 Å². The second-order valence-corrected chi connectivity index (χ2v) is 6.45. The number of hydrogen-bond acceptors (Lipinski definition) is 5. The van der Waals surface area contributed by atoms with E-state index in [1.54, 1.807) is 13.0 Å². The summed E-state index contributed by atoms with van der Waals surface area (Å²) in [5.41, 5.74) is 1.01. The van der Waals surface area contributed by atoms with Crippen molar-refractivity contribution in [2.75, 3.05) is 26.1 Å². The third-order valence-corrected chi connectivity index (χ3v) is 4.51. The smallest absolute Gasteiger partial charge is 0.296 e. The average molecular weight is 388 g/mol. The lowest BCUT2D eigenvalue weighted by atomic mass is 10.1. The van der Waals surface area contributed by atoms with Crippen LogP contribution in [-0.4, -0.2) is 37.6 Å². The molecule has 0 saturated heterocycles. The summed E-state index contributed by atoms with van der Waals surface area (Å²) >= 11 is 0. The highest BCUT2D eigenvalue weighted by Gasteiger charge is 2.25. The Bertz CT molecular complexity index is 823. The summed E-state index contributed by atoms with van der Waals surface area (Å²) in [6.07, 6.45) is 0. The molecule has 2 atom stereocenters. The number of likely N-dealkylation sites (N-methyl/N-ethyl adjacent to an activating group) is 1. The third kappa shape index (κ3) is 5.43. The van der Waals surface area contributed by atoms with Gasteiger partial charge in [0.1, 0.15) is 23.7 Å². The van der Waals surface area contributed by atoms with Crippen molar-refractivity contribution in [1.29, 1.82) is 0 Å². The molecular formula is C20H26N3O5+. The maximum atomic E-state index is 12.6. The summed E-state index contributed by atoms with van der Waals surface area (Å²) < 4.78 is 10.4. The van der Waals surface area contributed by atoms with E-state index in [2.05, 4.69) is 5.32 Å². The van der Waals surface area contributed by atoms with E-state index in [1.807, 2.05) is 38.2 Å². The second kappa shape index (κ2) is 9.70. The van der Waals surface area contributed by atoms with Crippen LogP contribution in [0.5, 0.6) is 11.5 Å². The van der Waals surface area contributed by atoms with Gasteiger partial charge < -0.3 is 19.7 Å². The number of rotatable bonds is 9. The molecule has 2 rings (SSSR count). The van der Waals surface area contributed by atoms with Crippen LogP contribution in [0.4, 0.5) is 11.4 Å². The average Bonchev–Trinajstić information content (AvgIpc) is 2.69. The number of ether oxygens (including phenoxy) is 2. The van der Waals surface area contributed by atoms with E-state index in [4.69, 9.17) is 9.47 Å². The van der Waals surface area contributed by atoms with E-state index in [0.717, 1.165) is 16.2 Å². The monoisotopic (exact) mass is 388 g/mol. The summed E-state index contributed by atoms with van der Waals surface area (Å²) in [7, 11) is 3.34. The Kier molecular flexibility index (Phi) is 7.34. The van der Waals surface area contributed by atoms with Gasteiger partial charge >= 0.3 is 0 Å². The zero-order chi connectivity index (χ0) is 20.7. The molecule has 0 bridgehead atoms. The Balaban J connectivity index is 2.04. The predicted octanol–water partition coefficient (Wildman–Crippen LogP) is 2.04. The summed E-state index contributed by atoms with van der Waals surface area (Å²) in [6, 6.07) is 11.7. The van der Waals surface area contributed by atoms with Crippen LogP contribution in [0.25, 0.3) is 0 Å². The SMILES string of the molecule is CCOc1ccc(C[NH+](C)[C@@H](C)C(=O)Nc2ccc(OC)cc2[N+](=O)[O-])cc1. The maximum absolute atomic E-state index is 12.6. The first-order chi connectivity index (χ1) is 13.3. The molecule has 0 aromatic heterocycles. The topological polar surface area (TPSA) is 95.1 Å². The molecule has 8 nitrogen and oxygen atoms in total. The first-order valence-corrected chi connectivity index (χ1v) is 9.03. The van der Waals surface area contributed by atoms with Crippen molar-refractivity contribution in [1.82, 2.24) is 0 Å². The molecule has 1 unspecified atom stereocenters. The number of nitro benzene ring substituents is 1. The lowest BCUT2D eigenvalue weighted by Crippen LogP contribution is -3.12. The number of nitrogens with zero attached hydrogens (tertiary/aromatic N) is 1. The fourth-order valence-electron chi connectivity index (χ4n) is 2.71. The number of nitrogens with one attached hydrogen (secondary N) is 2. The maximum Gasteiger partial charge on any atom is 0.296 e. The summed E-state index contributed by atoms with van der Waals surface area (Å²) in [4.78, 5) is 24.3. The number of anilines is 1. The minimum absolute atomic E-state index is 0.150. The normalized spacial score (nSPS) is 12.7. The molecule has 0 saturated carbocycles. The Hall–Kier alpha value is -3.13. The Morgan fingerprint density at radius 3 is 2.43 bits per heavy atom. The Morgan fingerprint density at radius 1 is 1.21 bits per heavy atom. The Labute approximate surface area is 164 Å². The number of amides is 1. The third-order valence-electron chi connectivity index (χ3n) is 4.51. The lowest BCUT2D eigenvalue weighted by molar-refractivity contribution is -0.907. The molecular weight excluding hydrogens is 362 g/mol. The molecule has 2 N–H and O–H groups in total. The van der Waals surface area contributed by atoms with E-state index < -0.39 is 11.0 Å². The number of methoxy groups -OCH3 is 1. The summed E-state index contributed by atoms with van der Waals surface area (Å²) in [5.74, 6) is 0.870. The van der Waals surface area contributed by atoms with Crippen LogP contribution in [0.2, 0.25) is 0 Å². The molecule has 0 fully saturated rings. The van der Waals surface area contributed by atoms with Crippen molar-refractivity contribution in [2.45, 2.75) is 26.4 Å². The van der Waals surface area contributed by atoms with E-state index >= 15 is 0 Å². The molecule has 0 aliphatic rings. The van der Waals surface area contributed by atoms with Crippen molar-refractivity contribution < 1.29 is 24.1 Å². The van der Waals surface area contributed by atoms with Gasteiger partial charge in [-0.15, -0.1) is 0 Å². The van der Waals surface area contributed by atoms with Gasteiger partial charge in [-0.25, -0.2) is 0 Å². The number of quaternary nitrogens is 1. The lowest BCUT2D eigenvalue weighted by Gasteiger charge is -2.21. The predicted molar refractivity (Wildman–Crippen MR) is 106 cm³/mol. The highest BCUT2D eigenvalue weighted by molar-refractivity contribution is 5.95. The number of hydrogen-bond donors (Lipinski definition) is 2. The zero-order valence-corrected chi connectivity index (χ0v) is 16.5. The van der Waals surface area contributed by atoms with Gasteiger partial charge in [-0.3, -0.25) is 14.9 Å². The number of benzene rings is 2. The molecule has 0 aliphatic heterocycles. The first kappa shape index (κ1) is 21.2. The van der Waals surface area contributed by atoms with Gasteiger partial charge in [-0.05, 0) is 50.2 Å². The van der Waals surface area contributed by atoms with Crippen LogP contribution in [0.1, 0.15) is 19.4 Å². The second-order valence-electron chi connectivity index (χ2n) is 6.45. The van der Waals surface area contributed by atoms with Gasteiger partial charge in [0.15, 0.2) is 6.04 Å². The van der Waals surface area contributed by atoms with E-state index in [-0.39, 0.29) is 17.3 Å². The molecule has 0 heterocycles. The van der Waals surface area contributed by atoms with Crippen LogP contribution in [0.3, 0.4) is 0 Å². The van der Waals surface area contributed by atoms with Crippen LogP contribution in [-0.2, 0) is 11.3 Å². The standard InChI is InChI=1S/C20H25N3O5/c1-5-28-16-8-6-15(7-9-16)13-22(3)14(2)20(24)21-18-11-10-17(27-4)12-19(18)23(25)26/h6-12,14H,5,13H2,1-4H3,(H,21,24)/p+1/t14-/m0/s1. The largest absolute Gasteiger partial charge is 0.496 e. The van der Waals surface area contributed by atoms with Gasteiger partial charge in [-0.2, -0.15) is 0 Å². The van der Waals surface area contributed by atoms with Crippen molar-refractivity contribution in [3.8, 4) is 11.5 Å². The van der Waals surface area contributed by atoms with Crippen LogP contribution in [0, 0.1) is 10.1 Å². The highest BCUT2D eigenvalue weighted by Crippen LogP contribution is 2.28. The first-order valence-electron chi connectivity index (χ1n) is 9.03. The Morgan fingerprint density at radius 2 is 1.86 bits per heavy atom. The molecule has 28 heavy (non-hydrogen) atoms. The highest BCUT2D eigenvalue weighted by atomic mass is 16.6. The van der Waals surface area contributed by atoms with E-state index in [9.17, 15) is 14.9 Å². The quantitative estimate of drug-likeness (QED) is 0.506. The number of carbonyl (C=O) groups excluding carboxylic acids is 1. The minimum Gasteiger partial charge on any atom is -0.496 e. The summed E-state index contributed by atoms with van der Waals surface area (Å²) in [6.45, 7) is 4.96. The van der Waals surface area contributed by atoms with Crippen molar-refractivity contribution in [2.24, 2.45) is 0 Å². The molecule has 0 spiro atoms. The van der Waals surface area contributed by atoms with E-state index in [0.29, 0.717) is 18.9 Å². The molecule has 0 aliphatic carbocycles. The van der Waals surface area contributed by atoms with Gasteiger partial charge in [-0.1, -0.05) is 0 Å². The van der Waals surface area contributed by atoms with E-state index in [1.165, 1.54) is 19.2 Å². The van der Waals surface area contributed by atoms with Gasteiger partial charge in [0.25, 0.3) is 11.6 Å². The van der Waals surface area contributed by atoms with Crippen LogP contribution in [0.15, 0.2) is 42.5 Å². The van der Waals surface area contributed by atoms with Crippen molar-refractivity contribution in [3.63, 3.8) is 0 Å². The van der Waals surface area contributed by atoms with Crippen LogP contribution >= 0.6 is 0 Å². The summed E-state index contributed by atoms with van der Waals surface area (Å²) in [5, 5.41) is 13.9. The fourth-order valence-corrected chi connectivity index (χ4v) is 2.71. The number of carbonyl (C=O) groups is 1. The van der Waals surface area contributed by atoms with Crippen LogP contribution < -0.4 is 19.7 Å². The van der Waals surface area contributed by atoms with Gasteiger partial charge in [0.2, 0.25) is 0 Å².